The number of esters is 1. The Balaban J connectivity index is 0.00000196. The molecule has 0 amide bonds. The molecule has 0 saturated heterocycles. The molecule has 0 aromatic rings. The molecule has 2 unspecified atom stereocenters. The third kappa shape index (κ3) is 3.70. The second kappa shape index (κ2) is 6.40. The molecule has 0 aliphatic heterocycles. The zero-order valence-corrected chi connectivity index (χ0v) is 11.4. The molecule has 0 N–H and O–H groups in total. The van der Waals surface area contributed by atoms with E-state index in [2.05, 4.69) is 0 Å². The molecule has 4 nitrogen and oxygen atoms in total. The molecule has 1 saturated carbocycles. The van der Waals surface area contributed by atoms with Crippen LogP contribution in [0.4, 0.5) is 0 Å². The van der Waals surface area contributed by atoms with Gasteiger partial charge < -0.3 is 4.74 Å². The van der Waals surface area contributed by atoms with E-state index >= 15 is 0 Å². The van der Waals surface area contributed by atoms with Crippen molar-refractivity contribution in [1.29, 1.82) is 0 Å². The third-order valence-electron chi connectivity index (χ3n) is 2.38. The molecule has 5 heteroatoms. The first-order valence-corrected chi connectivity index (χ1v) is 4.77. The fourth-order valence-corrected chi connectivity index (χ4v) is 1.77. The van der Waals surface area contributed by atoms with Gasteiger partial charge in [0.15, 0.2) is 5.78 Å². The van der Waals surface area contributed by atoms with Crippen LogP contribution in [-0.2, 0) is 19.1 Å². The number of ether oxygens (including phenoxy) is 1. The number of carbonyl (C=O) groups excluding carboxylic acids is 3. The van der Waals surface area contributed by atoms with Gasteiger partial charge in [0.1, 0.15) is 11.7 Å². The number of Topliss-reactive ketones (excluding diaryl/α,β-unsaturated/α-hetero) is 2. The summed E-state index contributed by atoms with van der Waals surface area (Å²) in [6.45, 7) is 3.70. The number of hydrogen-bond donors (Lipinski definition) is 0. The summed E-state index contributed by atoms with van der Waals surface area (Å²) in [6, 6.07) is 0. The Labute approximate surface area is 111 Å². The van der Waals surface area contributed by atoms with E-state index in [9.17, 15) is 14.4 Å². The van der Waals surface area contributed by atoms with Crippen molar-refractivity contribution in [2.45, 2.75) is 26.7 Å². The van der Waals surface area contributed by atoms with Gasteiger partial charge in [-0.1, -0.05) is 6.92 Å². The second-order valence-corrected chi connectivity index (χ2v) is 3.59. The van der Waals surface area contributed by atoms with Gasteiger partial charge in [-0.25, -0.2) is 0 Å². The molecule has 0 bridgehead atoms. The predicted molar refractivity (Wildman–Crippen MR) is 54.3 cm³/mol. The molecule has 0 spiro atoms. The Hall–Kier alpha value is -0.190. The first-order valence-electron chi connectivity index (χ1n) is 4.77. The van der Waals surface area contributed by atoms with Crippen molar-refractivity contribution < 1.29 is 19.1 Å². The smallest absolute Gasteiger partial charge is 0.316 e. The van der Waals surface area contributed by atoms with Gasteiger partial charge >= 0.3 is 5.97 Å². The topological polar surface area (TPSA) is 60.4 Å². The minimum Gasteiger partial charge on any atom is -0.465 e. The van der Waals surface area contributed by atoms with Gasteiger partial charge in [-0.3, -0.25) is 14.4 Å². The van der Waals surface area contributed by atoms with Crippen LogP contribution in [0.15, 0.2) is 0 Å². The molecule has 1 radical (unpaired) electrons. The first-order chi connectivity index (χ1) is 6.56. The maximum absolute atomic E-state index is 11.4. The van der Waals surface area contributed by atoms with Crippen LogP contribution in [0.25, 0.3) is 0 Å². The van der Waals surface area contributed by atoms with Crippen molar-refractivity contribution >= 4 is 47.1 Å². The molecular formula is C10H14NaO4. The van der Waals surface area contributed by atoms with E-state index < -0.39 is 11.9 Å². The molecule has 2 atom stereocenters. The first kappa shape index (κ1) is 14.8. The number of rotatable bonds is 2. The fraction of sp³-hybridized carbons (Fsp3) is 0.700. The third-order valence-corrected chi connectivity index (χ3v) is 2.38. The van der Waals surface area contributed by atoms with Gasteiger partial charge in [-0.2, -0.15) is 0 Å². The maximum atomic E-state index is 11.4. The van der Waals surface area contributed by atoms with Crippen molar-refractivity contribution in [3.05, 3.63) is 0 Å². The van der Waals surface area contributed by atoms with Crippen LogP contribution in [0.1, 0.15) is 26.7 Å². The van der Waals surface area contributed by atoms with Crippen LogP contribution in [0, 0.1) is 11.8 Å². The molecular weight excluding hydrogens is 207 g/mol. The van der Waals surface area contributed by atoms with E-state index in [1.807, 2.05) is 0 Å². The summed E-state index contributed by atoms with van der Waals surface area (Å²) in [6.07, 6.45) is 0.184. The van der Waals surface area contributed by atoms with Gasteiger partial charge in [0.05, 0.1) is 13.0 Å². The molecule has 0 aromatic carbocycles. The minimum absolute atomic E-state index is 0. The number of ketones is 2. The van der Waals surface area contributed by atoms with E-state index in [1.54, 1.807) is 13.8 Å². The van der Waals surface area contributed by atoms with E-state index in [4.69, 9.17) is 4.74 Å². The molecule has 1 aliphatic carbocycles. The monoisotopic (exact) mass is 221 g/mol. The maximum Gasteiger partial charge on any atom is 0.316 e. The Bertz CT molecular complexity index is 275. The van der Waals surface area contributed by atoms with E-state index in [1.165, 1.54) is 0 Å². The van der Waals surface area contributed by atoms with Crippen LogP contribution in [0.5, 0.6) is 0 Å². The van der Waals surface area contributed by atoms with Crippen LogP contribution in [0.3, 0.4) is 0 Å². The quantitative estimate of drug-likeness (QED) is 0.383. The Kier molecular flexibility index (Phi) is 6.32. The molecule has 1 aliphatic rings. The van der Waals surface area contributed by atoms with E-state index in [0.29, 0.717) is 6.42 Å². The molecule has 15 heavy (non-hydrogen) atoms. The van der Waals surface area contributed by atoms with Crippen molar-refractivity contribution in [2.24, 2.45) is 11.8 Å². The van der Waals surface area contributed by atoms with Crippen molar-refractivity contribution in [3.63, 3.8) is 0 Å². The second-order valence-electron chi connectivity index (χ2n) is 3.59. The van der Waals surface area contributed by atoms with Gasteiger partial charge in [-0.05, 0) is 12.8 Å². The summed E-state index contributed by atoms with van der Waals surface area (Å²) < 4.78 is 4.79. The number of hydrogen-bond acceptors (Lipinski definition) is 4. The molecule has 79 valence electrons. The Morgan fingerprint density at radius 3 is 2.53 bits per heavy atom. The van der Waals surface area contributed by atoms with Crippen molar-refractivity contribution in [3.8, 4) is 0 Å². The van der Waals surface area contributed by atoms with Crippen LogP contribution >= 0.6 is 0 Å². The van der Waals surface area contributed by atoms with Gasteiger partial charge in [0, 0.05) is 36.0 Å². The SMILES string of the molecule is CCOC(=O)C1C(=O)CC(=O)CC1C.[Na]. The standard InChI is InChI=1S/C10H14O4.Na/c1-3-14-10(13)9-6(2)4-7(11)5-8(9)12;/h6,9H,3-5H2,1-2H3;. The van der Waals surface area contributed by atoms with Crippen molar-refractivity contribution in [2.75, 3.05) is 6.61 Å². The van der Waals surface area contributed by atoms with Gasteiger partial charge in [0.25, 0.3) is 0 Å². The molecule has 0 aromatic heterocycles. The molecule has 1 fully saturated rings. The Morgan fingerprint density at radius 1 is 1.47 bits per heavy atom. The summed E-state index contributed by atoms with van der Waals surface area (Å²) in [4.78, 5) is 33.8. The summed E-state index contributed by atoms with van der Waals surface area (Å²) >= 11 is 0. The molecule has 1 rings (SSSR count). The van der Waals surface area contributed by atoms with E-state index in [-0.39, 0.29) is 60.1 Å². The van der Waals surface area contributed by atoms with E-state index in [0.717, 1.165) is 0 Å². The van der Waals surface area contributed by atoms with Gasteiger partial charge in [-0.15, -0.1) is 0 Å². The summed E-state index contributed by atoms with van der Waals surface area (Å²) in [5, 5.41) is 0. The van der Waals surface area contributed by atoms with Crippen LogP contribution in [-0.4, -0.2) is 53.7 Å². The minimum atomic E-state index is -0.729. The zero-order valence-electron chi connectivity index (χ0n) is 9.41. The van der Waals surface area contributed by atoms with Crippen LogP contribution < -0.4 is 0 Å². The van der Waals surface area contributed by atoms with Gasteiger partial charge in [0.2, 0.25) is 0 Å². The average Bonchev–Trinajstić information content (AvgIpc) is 2.01. The van der Waals surface area contributed by atoms with Crippen LogP contribution in [0.2, 0.25) is 0 Å². The average molecular weight is 221 g/mol. The zero-order chi connectivity index (χ0) is 10.7. The summed E-state index contributed by atoms with van der Waals surface area (Å²) in [5.74, 6) is -1.82. The number of carbonyl (C=O) groups is 3. The van der Waals surface area contributed by atoms with Crippen molar-refractivity contribution in [1.82, 2.24) is 0 Å². The molecule has 0 heterocycles. The predicted octanol–water partition coefficient (Wildman–Crippen LogP) is 0.353. The normalized spacial score (nSPS) is 25.7. The summed E-state index contributed by atoms with van der Waals surface area (Å²) in [7, 11) is 0. The Morgan fingerprint density at radius 2 is 2.07 bits per heavy atom. The fourth-order valence-electron chi connectivity index (χ4n) is 1.77. The largest absolute Gasteiger partial charge is 0.465 e. The summed E-state index contributed by atoms with van der Waals surface area (Å²) in [5.41, 5.74) is 0.